The number of halogens is 1. The Bertz CT molecular complexity index is 136. The molecule has 0 amide bonds. The van der Waals surface area contributed by atoms with Crippen LogP contribution in [-0.2, 0) is 0 Å². The minimum atomic E-state index is 0.498. The van der Waals surface area contributed by atoms with E-state index in [1.807, 2.05) is 0 Å². The van der Waals surface area contributed by atoms with Crippen LogP contribution in [0.3, 0.4) is 0 Å². The van der Waals surface area contributed by atoms with Gasteiger partial charge in [-0.3, -0.25) is 0 Å². The van der Waals surface area contributed by atoms with Crippen LogP contribution in [0.25, 0.3) is 0 Å². The predicted molar refractivity (Wildman–Crippen MR) is 56.9 cm³/mol. The SMILES string of the molecule is C/C(Br)=N/O.C/C=N/O.[B]=NS. The van der Waals surface area contributed by atoms with Crippen molar-refractivity contribution in [2.24, 2.45) is 14.6 Å². The third kappa shape index (κ3) is 103. The van der Waals surface area contributed by atoms with Crippen LogP contribution in [0.5, 0.6) is 0 Å². The van der Waals surface area contributed by atoms with E-state index in [0.717, 1.165) is 0 Å². The van der Waals surface area contributed by atoms with Gasteiger partial charge in [-0.15, -0.1) is 5.16 Å². The van der Waals surface area contributed by atoms with E-state index in [-0.39, 0.29) is 0 Å². The van der Waals surface area contributed by atoms with E-state index in [0.29, 0.717) is 4.62 Å². The van der Waals surface area contributed by atoms with Crippen molar-refractivity contribution < 1.29 is 10.4 Å². The molecule has 0 aromatic rings. The van der Waals surface area contributed by atoms with Crippen molar-refractivity contribution in [3.8, 4) is 0 Å². The maximum atomic E-state index is 7.68. The summed E-state index contributed by atoms with van der Waals surface area (Å²) in [6, 6.07) is 0. The molecule has 2 N–H and O–H groups in total. The van der Waals surface area contributed by atoms with E-state index in [1.54, 1.807) is 13.8 Å². The summed E-state index contributed by atoms with van der Waals surface area (Å²) >= 11 is 6.06. The van der Waals surface area contributed by atoms with Gasteiger partial charge in [-0.25, -0.2) is 0 Å². The Morgan fingerprint density at radius 1 is 1.58 bits per heavy atom. The predicted octanol–water partition coefficient (Wildman–Crippen LogP) is 1.84. The second-order valence-corrected chi connectivity index (χ2v) is 2.46. The van der Waals surface area contributed by atoms with Crippen LogP contribution >= 0.6 is 28.7 Å². The van der Waals surface area contributed by atoms with Crippen LogP contribution in [0, 0.1) is 0 Å². The molecule has 0 saturated carbocycles. The van der Waals surface area contributed by atoms with Crippen LogP contribution in [0.4, 0.5) is 0 Å². The van der Waals surface area contributed by atoms with Gasteiger partial charge in [0, 0.05) is 6.21 Å². The summed E-state index contributed by atoms with van der Waals surface area (Å²) in [5, 5.41) is 20.5. The molecule has 0 aliphatic heterocycles. The fourth-order valence-electron chi connectivity index (χ4n) is 0. The maximum absolute atomic E-state index is 7.68. The molecular weight excluding hydrogens is 245 g/mol. The summed E-state index contributed by atoms with van der Waals surface area (Å²) < 4.78 is 3.19. The van der Waals surface area contributed by atoms with E-state index >= 15 is 0 Å². The summed E-state index contributed by atoms with van der Waals surface area (Å²) in [5.41, 5.74) is 0. The third-order valence-electron chi connectivity index (χ3n) is 0.253. The summed E-state index contributed by atoms with van der Waals surface area (Å²) in [7, 11) is 4.34. The fourth-order valence-corrected chi connectivity index (χ4v) is 0. The number of nitrogens with zero attached hydrogens (tertiary/aromatic N) is 3. The molecule has 0 aromatic heterocycles. The van der Waals surface area contributed by atoms with Crippen molar-refractivity contribution in [1.29, 1.82) is 0 Å². The average Bonchev–Trinajstić information content (AvgIpc) is 2.06. The van der Waals surface area contributed by atoms with E-state index in [1.165, 1.54) is 6.21 Å². The first-order valence-electron chi connectivity index (χ1n) is 2.61. The molecule has 0 atom stereocenters. The molecule has 8 heteroatoms. The van der Waals surface area contributed by atoms with Gasteiger partial charge in [-0.1, -0.05) is 5.16 Å². The summed E-state index contributed by atoms with van der Waals surface area (Å²) in [4.78, 5) is 0. The van der Waals surface area contributed by atoms with Gasteiger partial charge < -0.3 is 10.4 Å². The number of thiol groups is 1. The molecule has 0 spiro atoms. The standard InChI is InChI=1S/C2H4BrNO.C2H5NO.BHNS/c1-2(3)4-5;1-2-3-4;1-2-3/h5H,1H3;2,4H,1H3;3H/b4-2-;3-2+;. The van der Waals surface area contributed by atoms with Crippen molar-refractivity contribution >= 4 is 47.2 Å². The topological polar surface area (TPSA) is 77.5 Å². The molecule has 0 unspecified atom stereocenters. The first-order chi connectivity index (χ1) is 5.60. The molecule has 0 fully saturated rings. The molecule has 1 radical (unpaired) electrons. The molecule has 0 aliphatic rings. The molecule has 0 saturated heterocycles. The zero-order valence-corrected chi connectivity index (χ0v) is 9.20. The van der Waals surface area contributed by atoms with Crippen molar-refractivity contribution in [3.63, 3.8) is 0 Å². The second-order valence-electron chi connectivity index (χ2n) is 1.09. The van der Waals surface area contributed by atoms with E-state index in [4.69, 9.17) is 10.4 Å². The Hall–Kier alpha value is -0.365. The Labute approximate surface area is 86.3 Å². The van der Waals surface area contributed by atoms with Crippen LogP contribution in [0.1, 0.15) is 13.8 Å². The molecule has 0 aromatic carbocycles. The first kappa shape index (κ1) is 17.6. The van der Waals surface area contributed by atoms with Gasteiger partial charge in [-0.05, 0) is 29.8 Å². The average molecular weight is 255 g/mol. The second kappa shape index (κ2) is 22.4. The molecule has 12 heavy (non-hydrogen) atoms. The number of hydrogen-bond donors (Lipinski definition) is 3. The summed E-state index contributed by atoms with van der Waals surface area (Å²) in [6.45, 7) is 3.28. The van der Waals surface area contributed by atoms with Crippen LogP contribution in [-0.4, -0.2) is 28.9 Å². The quantitative estimate of drug-likeness (QED) is 0.203. The molecule has 0 aliphatic carbocycles. The monoisotopic (exact) mass is 254 g/mol. The zero-order chi connectivity index (χ0) is 10.4. The van der Waals surface area contributed by atoms with Crippen molar-refractivity contribution in [3.05, 3.63) is 0 Å². The summed E-state index contributed by atoms with van der Waals surface area (Å²) in [5.74, 6) is 0. The molecule has 69 valence electrons. The molecule has 0 heterocycles. The third-order valence-corrected chi connectivity index (χ3v) is 0.412. The van der Waals surface area contributed by atoms with Crippen LogP contribution in [0.15, 0.2) is 14.6 Å². The van der Waals surface area contributed by atoms with Crippen molar-refractivity contribution in [1.82, 2.24) is 0 Å². The van der Waals surface area contributed by atoms with Gasteiger partial charge in [-0.2, -0.15) is 0 Å². The van der Waals surface area contributed by atoms with Crippen LogP contribution in [0.2, 0.25) is 0 Å². The van der Waals surface area contributed by atoms with Gasteiger partial charge >= 0.3 is 24.8 Å². The zero-order valence-electron chi connectivity index (χ0n) is 6.72. The van der Waals surface area contributed by atoms with Gasteiger partial charge in [0.1, 0.15) is 4.62 Å². The fraction of sp³-hybridized carbons (Fsp3) is 0.500. The van der Waals surface area contributed by atoms with Gasteiger partial charge in [0.25, 0.3) is 0 Å². The molecule has 0 bridgehead atoms. The van der Waals surface area contributed by atoms with Gasteiger partial charge in [0.15, 0.2) is 0 Å². The van der Waals surface area contributed by atoms with Crippen molar-refractivity contribution in [2.45, 2.75) is 13.8 Å². The molecule has 0 rings (SSSR count). The Morgan fingerprint density at radius 3 is 1.75 bits per heavy atom. The number of rotatable bonds is 0. The molecular formula is C4H10BBrN3O2S. The Kier molecular flexibility index (Phi) is 33.0. The van der Waals surface area contributed by atoms with E-state index < -0.39 is 0 Å². The van der Waals surface area contributed by atoms with E-state index in [9.17, 15) is 0 Å². The van der Waals surface area contributed by atoms with Crippen molar-refractivity contribution in [2.75, 3.05) is 0 Å². The Morgan fingerprint density at radius 2 is 1.75 bits per heavy atom. The normalized spacial score (nSPS) is 9.08. The first-order valence-corrected chi connectivity index (χ1v) is 3.80. The van der Waals surface area contributed by atoms with Gasteiger partial charge in [0.05, 0.1) is 0 Å². The number of oxime groups is 2. The van der Waals surface area contributed by atoms with Crippen LogP contribution < -0.4 is 0 Å². The minimum absolute atomic E-state index is 0.498. The molecule has 5 nitrogen and oxygen atoms in total. The van der Waals surface area contributed by atoms with Gasteiger partial charge in [0.2, 0.25) is 0 Å². The number of hydrogen-bond acceptors (Lipinski definition) is 6. The van der Waals surface area contributed by atoms with E-state index in [2.05, 4.69) is 51.0 Å². The Balaban J connectivity index is -0.000000105. The summed E-state index contributed by atoms with van der Waals surface area (Å²) in [6.07, 6.45) is 1.31.